The molecule has 0 atom stereocenters. The zero-order chi connectivity index (χ0) is 10.0. The minimum Gasteiger partial charge on any atom is -0.326 e. The number of nitrogens with two attached hydrogens (primary N) is 1. The first-order chi connectivity index (χ1) is 6.06. The maximum atomic E-state index is 12.4. The summed E-state index contributed by atoms with van der Waals surface area (Å²) in [5.41, 5.74) is 6.04. The molecule has 1 heterocycles. The Morgan fingerprint density at radius 2 is 2.23 bits per heavy atom. The van der Waals surface area contributed by atoms with Crippen molar-refractivity contribution in [3.05, 3.63) is 28.0 Å². The molecule has 0 amide bonds. The summed E-state index contributed by atoms with van der Waals surface area (Å²) in [7, 11) is 0. The van der Waals surface area contributed by atoms with Gasteiger partial charge in [0.15, 0.2) is 0 Å². The number of halogens is 3. The number of aryl methyl sites for hydroxylation is 1. The van der Waals surface area contributed by atoms with E-state index in [1.165, 1.54) is 6.07 Å². The third kappa shape index (κ3) is 2.14. The van der Waals surface area contributed by atoms with Crippen molar-refractivity contribution in [1.82, 2.24) is 4.98 Å². The van der Waals surface area contributed by atoms with Gasteiger partial charge in [-0.25, -0.2) is 13.8 Å². The minimum atomic E-state index is -2.63. The molecule has 0 unspecified atom stereocenters. The smallest absolute Gasteiger partial charge is 0.280 e. The van der Waals surface area contributed by atoms with Gasteiger partial charge in [-0.3, -0.25) is 0 Å². The molecular weight excluding hydrogens is 198 g/mol. The van der Waals surface area contributed by atoms with Crippen molar-refractivity contribution >= 4 is 11.6 Å². The Morgan fingerprint density at radius 3 is 2.69 bits per heavy atom. The first kappa shape index (κ1) is 10.3. The van der Waals surface area contributed by atoms with Crippen molar-refractivity contribution in [2.75, 3.05) is 0 Å². The number of rotatable bonds is 2. The standard InChI is InChI=1S/C8H9ClF2N2/c1-4-2-6(9)13-7(8(10)11)5(4)3-12/h2,8H,3,12H2,1H3. The number of pyridine rings is 1. The van der Waals surface area contributed by atoms with Gasteiger partial charge in [-0.05, 0) is 24.1 Å². The summed E-state index contributed by atoms with van der Waals surface area (Å²) in [6.07, 6.45) is -2.63. The fourth-order valence-corrected chi connectivity index (χ4v) is 1.38. The van der Waals surface area contributed by atoms with E-state index in [1.54, 1.807) is 6.92 Å². The maximum Gasteiger partial charge on any atom is 0.280 e. The molecule has 1 aromatic rings. The van der Waals surface area contributed by atoms with Crippen LogP contribution in [0, 0.1) is 6.92 Å². The molecule has 0 aliphatic rings. The van der Waals surface area contributed by atoms with E-state index in [1.807, 2.05) is 0 Å². The monoisotopic (exact) mass is 206 g/mol. The van der Waals surface area contributed by atoms with Gasteiger partial charge in [-0.15, -0.1) is 0 Å². The van der Waals surface area contributed by atoms with Gasteiger partial charge in [0, 0.05) is 6.54 Å². The van der Waals surface area contributed by atoms with Crippen LogP contribution < -0.4 is 5.73 Å². The third-order valence-corrected chi connectivity index (χ3v) is 1.95. The highest BCUT2D eigenvalue weighted by Crippen LogP contribution is 2.25. The first-order valence-electron chi connectivity index (χ1n) is 3.70. The molecule has 0 saturated heterocycles. The Labute approximate surface area is 79.7 Å². The number of hydrogen-bond donors (Lipinski definition) is 1. The van der Waals surface area contributed by atoms with Crippen molar-refractivity contribution in [2.45, 2.75) is 19.9 Å². The summed E-state index contributed by atoms with van der Waals surface area (Å²) in [6, 6.07) is 1.52. The summed E-state index contributed by atoms with van der Waals surface area (Å²) < 4.78 is 24.8. The molecule has 2 N–H and O–H groups in total. The zero-order valence-electron chi connectivity index (χ0n) is 7.02. The highest BCUT2D eigenvalue weighted by molar-refractivity contribution is 6.29. The molecule has 2 nitrogen and oxygen atoms in total. The Morgan fingerprint density at radius 1 is 1.62 bits per heavy atom. The molecule has 0 bridgehead atoms. The lowest BCUT2D eigenvalue weighted by Gasteiger charge is -2.09. The van der Waals surface area contributed by atoms with Gasteiger partial charge in [0.2, 0.25) is 0 Å². The summed E-state index contributed by atoms with van der Waals surface area (Å²) in [5, 5.41) is 0.0741. The van der Waals surface area contributed by atoms with Crippen LogP contribution in [-0.2, 0) is 6.54 Å². The Balaban J connectivity index is 3.29. The van der Waals surface area contributed by atoms with E-state index in [0.29, 0.717) is 11.1 Å². The average molecular weight is 207 g/mol. The van der Waals surface area contributed by atoms with E-state index in [4.69, 9.17) is 17.3 Å². The molecule has 0 aliphatic carbocycles. The van der Waals surface area contributed by atoms with Gasteiger partial charge in [0.25, 0.3) is 6.43 Å². The molecule has 13 heavy (non-hydrogen) atoms. The van der Waals surface area contributed by atoms with Crippen LogP contribution in [0.4, 0.5) is 8.78 Å². The molecule has 5 heteroatoms. The summed E-state index contributed by atoms with van der Waals surface area (Å²) in [6.45, 7) is 1.73. The molecular formula is C8H9ClF2N2. The van der Waals surface area contributed by atoms with Crippen LogP contribution >= 0.6 is 11.6 Å². The van der Waals surface area contributed by atoms with Crippen LogP contribution in [0.2, 0.25) is 5.15 Å². The molecule has 0 saturated carbocycles. The summed E-state index contributed by atoms with van der Waals surface area (Å²) in [5.74, 6) is 0. The van der Waals surface area contributed by atoms with E-state index in [-0.39, 0.29) is 17.4 Å². The first-order valence-corrected chi connectivity index (χ1v) is 4.08. The van der Waals surface area contributed by atoms with Crippen LogP contribution in [0.3, 0.4) is 0 Å². The van der Waals surface area contributed by atoms with Crippen molar-refractivity contribution in [3.8, 4) is 0 Å². The van der Waals surface area contributed by atoms with Crippen LogP contribution in [0.5, 0.6) is 0 Å². The lowest BCUT2D eigenvalue weighted by Crippen LogP contribution is -2.07. The molecule has 0 spiro atoms. The van der Waals surface area contributed by atoms with Crippen molar-refractivity contribution in [3.63, 3.8) is 0 Å². The van der Waals surface area contributed by atoms with Crippen molar-refractivity contribution in [2.24, 2.45) is 5.73 Å². The van der Waals surface area contributed by atoms with E-state index >= 15 is 0 Å². The number of alkyl halides is 2. The summed E-state index contributed by atoms with van der Waals surface area (Å²) in [4.78, 5) is 3.54. The Kier molecular flexibility index (Phi) is 3.17. The van der Waals surface area contributed by atoms with Crippen molar-refractivity contribution in [1.29, 1.82) is 0 Å². The lowest BCUT2D eigenvalue weighted by atomic mass is 10.1. The largest absolute Gasteiger partial charge is 0.326 e. The van der Waals surface area contributed by atoms with Gasteiger partial charge in [0.1, 0.15) is 10.8 Å². The SMILES string of the molecule is Cc1cc(Cl)nc(C(F)F)c1CN. The number of aromatic nitrogens is 1. The predicted molar refractivity (Wildman–Crippen MR) is 46.8 cm³/mol. The fourth-order valence-electron chi connectivity index (χ4n) is 1.13. The zero-order valence-corrected chi connectivity index (χ0v) is 7.78. The second-order valence-corrected chi connectivity index (χ2v) is 3.02. The average Bonchev–Trinajstić information content (AvgIpc) is 2.02. The number of nitrogens with zero attached hydrogens (tertiary/aromatic N) is 1. The van der Waals surface area contributed by atoms with Gasteiger partial charge >= 0.3 is 0 Å². The van der Waals surface area contributed by atoms with Gasteiger partial charge in [-0.2, -0.15) is 0 Å². The van der Waals surface area contributed by atoms with E-state index in [0.717, 1.165) is 0 Å². The second kappa shape index (κ2) is 3.98. The van der Waals surface area contributed by atoms with Crippen LogP contribution in [-0.4, -0.2) is 4.98 Å². The quantitative estimate of drug-likeness (QED) is 0.755. The van der Waals surface area contributed by atoms with E-state index in [9.17, 15) is 8.78 Å². The lowest BCUT2D eigenvalue weighted by molar-refractivity contribution is 0.144. The Hall–Kier alpha value is -0.740. The van der Waals surface area contributed by atoms with Crippen LogP contribution in [0.1, 0.15) is 23.2 Å². The molecule has 1 rings (SSSR count). The van der Waals surface area contributed by atoms with Crippen LogP contribution in [0.25, 0.3) is 0 Å². The molecule has 1 aromatic heterocycles. The fraction of sp³-hybridized carbons (Fsp3) is 0.375. The summed E-state index contributed by atoms with van der Waals surface area (Å²) >= 11 is 5.54. The molecule has 72 valence electrons. The number of hydrogen-bond acceptors (Lipinski definition) is 2. The topological polar surface area (TPSA) is 38.9 Å². The minimum absolute atomic E-state index is 0.0513. The molecule has 0 radical (unpaired) electrons. The highest BCUT2D eigenvalue weighted by Gasteiger charge is 2.16. The predicted octanol–water partition coefficient (Wildman–Crippen LogP) is 2.44. The Bertz CT molecular complexity index is 315. The van der Waals surface area contributed by atoms with Crippen LogP contribution in [0.15, 0.2) is 6.07 Å². The van der Waals surface area contributed by atoms with E-state index < -0.39 is 6.43 Å². The third-order valence-electron chi connectivity index (χ3n) is 1.76. The van der Waals surface area contributed by atoms with Gasteiger partial charge in [-0.1, -0.05) is 11.6 Å². The maximum absolute atomic E-state index is 12.4. The molecule has 0 aliphatic heterocycles. The van der Waals surface area contributed by atoms with Gasteiger partial charge in [0.05, 0.1) is 0 Å². The normalized spacial score (nSPS) is 10.9. The van der Waals surface area contributed by atoms with Crippen molar-refractivity contribution < 1.29 is 8.78 Å². The van der Waals surface area contributed by atoms with E-state index in [2.05, 4.69) is 4.98 Å². The van der Waals surface area contributed by atoms with Gasteiger partial charge < -0.3 is 5.73 Å². The molecule has 0 fully saturated rings. The molecule has 0 aromatic carbocycles. The second-order valence-electron chi connectivity index (χ2n) is 2.63. The highest BCUT2D eigenvalue weighted by atomic mass is 35.5.